The molecule has 0 aromatic rings. The van der Waals surface area contributed by atoms with Gasteiger partial charge in [-0.15, -0.1) is 4.91 Å². The summed E-state index contributed by atoms with van der Waals surface area (Å²) in [6, 6.07) is 0. The molecule has 4 heteroatoms. The molecule has 2 aliphatic rings. The van der Waals surface area contributed by atoms with Crippen LogP contribution in [0.25, 0.3) is 0 Å². The molecule has 0 aromatic carbocycles. The third-order valence-corrected chi connectivity index (χ3v) is 4.90. The zero-order chi connectivity index (χ0) is 12.1. The molecular weight excluding hydrogens is 204 g/mol. The van der Waals surface area contributed by atoms with E-state index in [1.807, 2.05) is 6.92 Å². The Kier molecular flexibility index (Phi) is 2.23. The molecule has 0 amide bonds. The van der Waals surface area contributed by atoms with Crippen LogP contribution in [0.4, 0.5) is 0 Å². The lowest BCUT2D eigenvalue weighted by Gasteiger charge is -2.44. The van der Waals surface area contributed by atoms with Gasteiger partial charge in [0.15, 0.2) is 5.78 Å². The largest absolute Gasteiger partial charge is 0.294 e. The quantitative estimate of drug-likeness (QED) is 0.533. The Labute approximate surface area is 95.6 Å². The number of allylic oxidation sites excluding steroid dienone is 2. The van der Waals surface area contributed by atoms with Gasteiger partial charge in [0.2, 0.25) is 0 Å². The van der Waals surface area contributed by atoms with Gasteiger partial charge in [-0.1, -0.05) is 20.8 Å². The average Bonchev–Trinajstić information content (AvgIpc) is 2.38. The van der Waals surface area contributed by atoms with Gasteiger partial charge in [0.25, 0.3) is 0 Å². The maximum atomic E-state index is 12.2. The van der Waals surface area contributed by atoms with Gasteiger partial charge < -0.3 is 0 Å². The number of nitroso groups, excluding NO2 is 1. The van der Waals surface area contributed by atoms with Crippen LogP contribution in [0.3, 0.4) is 0 Å². The Balaban J connectivity index is 2.51. The summed E-state index contributed by atoms with van der Waals surface area (Å²) in [6.45, 7) is 6.28. The van der Waals surface area contributed by atoms with Crippen molar-refractivity contribution in [1.82, 2.24) is 5.01 Å². The van der Waals surface area contributed by atoms with E-state index < -0.39 is 0 Å². The van der Waals surface area contributed by atoms with E-state index in [0.717, 1.165) is 18.5 Å². The van der Waals surface area contributed by atoms with Gasteiger partial charge in [0, 0.05) is 30.2 Å². The molecule has 1 saturated carbocycles. The van der Waals surface area contributed by atoms with Crippen molar-refractivity contribution in [3.05, 3.63) is 16.7 Å². The van der Waals surface area contributed by atoms with E-state index in [-0.39, 0.29) is 22.5 Å². The van der Waals surface area contributed by atoms with Crippen molar-refractivity contribution in [3.8, 4) is 0 Å². The number of nitrogens with zero attached hydrogens (tertiary/aromatic N) is 2. The molecule has 1 fully saturated rings. The Morgan fingerprint density at radius 1 is 1.44 bits per heavy atom. The second-order valence-corrected chi connectivity index (χ2v) is 5.68. The summed E-state index contributed by atoms with van der Waals surface area (Å²) in [5, 5.41) is 4.22. The van der Waals surface area contributed by atoms with Crippen LogP contribution in [-0.4, -0.2) is 17.8 Å². The maximum Gasteiger partial charge on any atom is 0.163 e. The first-order chi connectivity index (χ1) is 7.34. The zero-order valence-electron chi connectivity index (χ0n) is 10.3. The summed E-state index contributed by atoms with van der Waals surface area (Å²) in [4.78, 5) is 22.8. The van der Waals surface area contributed by atoms with Crippen LogP contribution in [0.1, 0.15) is 33.6 Å². The normalized spacial score (nSPS) is 35.9. The summed E-state index contributed by atoms with van der Waals surface area (Å²) in [5.74, 6) is 0.398. The molecule has 0 aromatic heterocycles. The van der Waals surface area contributed by atoms with Crippen LogP contribution < -0.4 is 0 Å². The molecular formula is C12H18N2O2. The topological polar surface area (TPSA) is 49.7 Å². The lowest BCUT2D eigenvalue weighted by molar-refractivity contribution is -0.129. The average molecular weight is 222 g/mol. The lowest BCUT2D eigenvalue weighted by Crippen LogP contribution is -2.45. The van der Waals surface area contributed by atoms with Gasteiger partial charge in [0.05, 0.1) is 5.29 Å². The van der Waals surface area contributed by atoms with E-state index in [1.54, 1.807) is 13.1 Å². The van der Waals surface area contributed by atoms with E-state index in [1.165, 1.54) is 5.01 Å². The summed E-state index contributed by atoms with van der Waals surface area (Å²) in [6.07, 6.45) is 3.47. The van der Waals surface area contributed by atoms with Crippen molar-refractivity contribution in [2.45, 2.75) is 33.6 Å². The van der Waals surface area contributed by atoms with Gasteiger partial charge in [-0.05, 0) is 18.3 Å². The first-order valence-electron chi connectivity index (χ1n) is 5.67. The minimum Gasteiger partial charge on any atom is -0.294 e. The lowest BCUT2D eigenvalue weighted by atomic mass is 9.60. The molecule has 0 spiro atoms. The molecule has 0 saturated heterocycles. The van der Waals surface area contributed by atoms with Gasteiger partial charge in [-0.3, -0.25) is 4.79 Å². The molecule has 88 valence electrons. The van der Waals surface area contributed by atoms with Crippen LogP contribution in [0.2, 0.25) is 0 Å². The summed E-state index contributed by atoms with van der Waals surface area (Å²) < 4.78 is 0. The number of rotatable bonds is 2. The highest BCUT2D eigenvalue weighted by molar-refractivity contribution is 5.97. The van der Waals surface area contributed by atoms with Gasteiger partial charge >= 0.3 is 0 Å². The number of carbonyl (C=O) groups excluding carboxylic acids is 1. The Morgan fingerprint density at radius 2 is 2.06 bits per heavy atom. The smallest absolute Gasteiger partial charge is 0.163 e. The van der Waals surface area contributed by atoms with Crippen molar-refractivity contribution >= 4 is 5.78 Å². The van der Waals surface area contributed by atoms with Crippen molar-refractivity contribution in [1.29, 1.82) is 0 Å². The highest BCUT2D eigenvalue weighted by atomic mass is 16.3. The number of hydrogen-bond acceptors (Lipinski definition) is 3. The third-order valence-electron chi connectivity index (χ3n) is 4.90. The van der Waals surface area contributed by atoms with Crippen molar-refractivity contribution in [2.24, 2.45) is 22.0 Å². The fourth-order valence-corrected chi connectivity index (χ4v) is 3.22. The second-order valence-electron chi connectivity index (χ2n) is 5.68. The summed E-state index contributed by atoms with van der Waals surface area (Å²) in [7, 11) is 1.61. The minimum absolute atomic E-state index is 0.0902. The van der Waals surface area contributed by atoms with Crippen LogP contribution in [-0.2, 0) is 4.79 Å². The fraction of sp³-hybridized carbons (Fsp3) is 0.750. The minimum atomic E-state index is -0.273. The van der Waals surface area contributed by atoms with Crippen molar-refractivity contribution in [3.63, 3.8) is 0 Å². The van der Waals surface area contributed by atoms with E-state index in [4.69, 9.17) is 0 Å². The van der Waals surface area contributed by atoms with Gasteiger partial charge in [0.1, 0.15) is 0 Å². The molecule has 4 nitrogen and oxygen atoms in total. The van der Waals surface area contributed by atoms with Crippen LogP contribution in [0.5, 0.6) is 0 Å². The molecule has 0 unspecified atom stereocenters. The van der Waals surface area contributed by atoms with Gasteiger partial charge in [-0.25, -0.2) is 5.01 Å². The number of carbonyl (C=O) groups is 1. The highest BCUT2D eigenvalue weighted by Gasteiger charge is 2.59. The van der Waals surface area contributed by atoms with E-state index in [9.17, 15) is 9.70 Å². The summed E-state index contributed by atoms with van der Waals surface area (Å²) in [5.41, 5.74) is 0.415. The molecule has 0 heterocycles. The highest BCUT2D eigenvalue weighted by Crippen LogP contribution is 2.61. The molecule has 0 N–H and O–H groups in total. The second kappa shape index (κ2) is 3.15. The van der Waals surface area contributed by atoms with Gasteiger partial charge in [-0.2, -0.15) is 0 Å². The maximum absolute atomic E-state index is 12.2. The molecule has 0 radical (unpaired) electrons. The Bertz CT molecular complexity index is 386. The van der Waals surface area contributed by atoms with Crippen molar-refractivity contribution in [2.75, 3.05) is 7.05 Å². The predicted octanol–water partition coefficient (Wildman–Crippen LogP) is 2.51. The molecule has 0 aliphatic heterocycles. The monoisotopic (exact) mass is 222 g/mol. The van der Waals surface area contributed by atoms with Crippen molar-refractivity contribution < 1.29 is 4.79 Å². The number of ketones is 1. The first kappa shape index (κ1) is 11.3. The molecule has 2 bridgehead atoms. The van der Waals surface area contributed by atoms with E-state index in [0.29, 0.717) is 0 Å². The van der Waals surface area contributed by atoms with Crippen LogP contribution >= 0.6 is 0 Å². The SMILES string of the molecule is CN(N=O)C1=CC(=O)[C@]2(C)CC[C@H]1C2(C)C. The third kappa shape index (κ3) is 1.13. The van der Waals surface area contributed by atoms with E-state index >= 15 is 0 Å². The Morgan fingerprint density at radius 3 is 2.62 bits per heavy atom. The Hall–Kier alpha value is -1.19. The zero-order valence-corrected chi connectivity index (χ0v) is 10.3. The molecule has 2 atom stereocenters. The molecule has 2 aliphatic carbocycles. The molecule has 2 rings (SSSR count). The number of fused-ring (bicyclic) bond motifs is 2. The van der Waals surface area contributed by atoms with Crippen LogP contribution in [0.15, 0.2) is 17.1 Å². The van der Waals surface area contributed by atoms with Crippen LogP contribution in [0, 0.1) is 21.7 Å². The number of hydrogen-bond donors (Lipinski definition) is 0. The fourth-order valence-electron chi connectivity index (χ4n) is 3.22. The predicted molar refractivity (Wildman–Crippen MR) is 61.3 cm³/mol. The first-order valence-corrected chi connectivity index (χ1v) is 5.67. The summed E-state index contributed by atoms with van der Waals surface area (Å²) >= 11 is 0. The van der Waals surface area contributed by atoms with E-state index in [2.05, 4.69) is 19.1 Å². The standard InChI is InChI=1S/C12H18N2O2/c1-11(2)8-5-6-12(11,3)10(15)7-9(8)14(4)13-16/h7-8H,5-6H2,1-4H3/t8-,12+/m1/s1. The molecule has 16 heavy (non-hydrogen) atoms.